The Hall–Kier alpha value is -2.59. The van der Waals surface area contributed by atoms with Gasteiger partial charge in [0.25, 0.3) is 5.91 Å². The van der Waals surface area contributed by atoms with Crippen molar-refractivity contribution in [3.05, 3.63) is 71.4 Å². The van der Waals surface area contributed by atoms with Gasteiger partial charge in [0.2, 0.25) is 0 Å². The molecule has 0 saturated carbocycles. The molecule has 0 aliphatic rings. The number of para-hydroxylation sites is 1. The molecule has 0 spiro atoms. The number of benzene rings is 2. The minimum atomic E-state index is -0.174. The highest BCUT2D eigenvalue weighted by atomic mass is 35.5. The van der Waals surface area contributed by atoms with E-state index in [0.717, 1.165) is 16.5 Å². The van der Waals surface area contributed by atoms with Crippen LogP contribution < -0.4 is 5.43 Å². The van der Waals surface area contributed by atoms with Gasteiger partial charge in [-0.2, -0.15) is 5.10 Å². The van der Waals surface area contributed by atoms with E-state index in [4.69, 9.17) is 11.6 Å². The lowest BCUT2D eigenvalue weighted by molar-refractivity contribution is -0.121. The summed E-state index contributed by atoms with van der Waals surface area (Å²) < 4.78 is 1.89. The van der Waals surface area contributed by atoms with E-state index in [2.05, 4.69) is 10.5 Å². The molecule has 1 heterocycles. The zero-order valence-electron chi connectivity index (χ0n) is 11.7. The smallest absolute Gasteiger partial charge is 0.259 e. The summed E-state index contributed by atoms with van der Waals surface area (Å²) in [7, 11) is 0. The highest BCUT2D eigenvalue weighted by Crippen LogP contribution is 2.14. The monoisotopic (exact) mass is 311 g/mol. The van der Waals surface area contributed by atoms with E-state index >= 15 is 0 Å². The fourth-order valence-electron chi connectivity index (χ4n) is 2.20. The Morgan fingerprint density at radius 2 is 1.91 bits per heavy atom. The fraction of sp³-hybridized carbons (Fsp3) is 0.0588. The standard InChI is InChI=1S/C17H14ClN3O/c18-15-7-5-13(6-8-15)11-19-20-17(22)12-21-10-9-14-3-1-2-4-16(14)21/h1-11H,12H2,(H,20,22)/b19-11+. The van der Waals surface area contributed by atoms with Gasteiger partial charge in [0.15, 0.2) is 0 Å². The number of carbonyl (C=O) groups is 1. The van der Waals surface area contributed by atoms with Crippen molar-refractivity contribution in [3.63, 3.8) is 0 Å². The molecule has 22 heavy (non-hydrogen) atoms. The maximum atomic E-state index is 11.9. The second-order valence-electron chi connectivity index (χ2n) is 4.85. The molecule has 3 aromatic rings. The molecule has 0 saturated heterocycles. The number of aromatic nitrogens is 1. The van der Waals surface area contributed by atoms with Crippen LogP contribution in [0.3, 0.4) is 0 Å². The lowest BCUT2D eigenvalue weighted by Crippen LogP contribution is -2.22. The van der Waals surface area contributed by atoms with Crippen LogP contribution in [-0.2, 0) is 11.3 Å². The minimum absolute atomic E-state index is 0.174. The van der Waals surface area contributed by atoms with Gasteiger partial charge in [0.1, 0.15) is 6.54 Å². The summed E-state index contributed by atoms with van der Waals surface area (Å²) in [5, 5.41) is 5.73. The van der Waals surface area contributed by atoms with Gasteiger partial charge >= 0.3 is 0 Å². The third kappa shape index (κ3) is 3.35. The lowest BCUT2D eigenvalue weighted by Gasteiger charge is -2.04. The third-order valence-corrected chi connectivity index (χ3v) is 3.52. The highest BCUT2D eigenvalue weighted by Gasteiger charge is 2.04. The first kappa shape index (κ1) is 14.4. The molecule has 1 aromatic heterocycles. The Morgan fingerprint density at radius 3 is 2.73 bits per heavy atom. The van der Waals surface area contributed by atoms with Crippen LogP contribution in [-0.4, -0.2) is 16.7 Å². The maximum absolute atomic E-state index is 11.9. The number of carbonyl (C=O) groups excluding carboxylic acids is 1. The van der Waals surface area contributed by atoms with E-state index in [-0.39, 0.29) is 12.5 Å². The summed E-state index contributed by atoms with van der Waals surface area (Å²) in [6.45, 7) is 0.228. The molecule has 0 fully saturated rings. The highest BCUT2D eigenvalue weighted by molar-refractivity contribution is 6.30. The van der Waals surface area contributed by atoms with Crippen LogP contribution >= 0.6 is 11.6 Å². The number of hydrogen-bond acceptors (Lipinski definition) is 2. The quantitative estimate of drug-likeness (QED) is 0.582. The van der Waals surface area contributed by atoms with Crippen LogP contribution in [0.25, 0.3) is 10.9 Å². The second kappa shape index (κ2) is 6.45. The second-order valence-corrected chi connectivity index (χ2v) is 5.28. The van der Waals surface area contributed by atoms with E-state index in [1.54, 1.807) is 18.3 Å². The van der Waals surface area contributed by atoms with E-state index in [0.29, 0.717) is 5.02 Å². The number of nitrogens with one attached hydrogen (secondary N) is 1. The van der Waals surface area contributed by atoms with Gasteiger partial charge in [-0.1, -0.05) is 41.9 Å². The Balaban J connectivity index is 1.62. The average molecular weight is 312 g/mol. The lowest BCUT2D eigenvalue weighted by atomic mass is 10.2. The number of amides is 1. The normalized spacial score (nSPS) is 11.1. The Bertz CT molecular complexity index is 821. The molecule has 1 N–H and O–H groups in total. The van der Waals surface area contributed by atoms with Gasteiger partial charge in [-0.3, -0.25) is 4.79 Å². The first-order chi connectivity index (χ1) is 10.7. The molecule has 4 nitrogen and oxygen atoms in total. The Labute approximate surface area is 133 Å². The Morgan fingerprint density at radius 1 is 1.14 bits per heavy atom. The van der Waals surface area contributed by atoms with Crippen LogP contribution in [0.2, 0.25) is 5.02 Å². The molecule has 110 valence electrons. The maximum Gasteiger partial charge on any atom is 0.259 e. The number of hydrazone groups is 1. The summed E-state index contributed by atoms with van der Waals surface area (Å²) in [5.41, 5.74) is 4.42. The fourth-order valence-corrected chi connectivity index (χ4v) is 2.32. The molecule has 0 aliphatic carbocycles. The molecule has 5 heteroatoms. The third-order valence-electron chi connectivity index (χ3n) is 3.27. The van der Waals surface area contributed by atoms with Crippen molar-refractivity contribution in [3.8, 4) is 0 Å². The van der Waals surface area contributed by atoms with Crippen molar-refractivity contribution in [2.24, 2.45) is 5.10 Å². The SMILES string of the molecule is O=C(Cn1ccc2ccccc21)N/N=C/c1ccc(Cl)cc1. The van der Waals surface area contributed by atoms with E-state index < -0.39 is 0 Å². The van der Waals surface area contributed by atoms with Gasteiger partial charge in [0, 0.05) is 16.7 Å². The molecular weight excluding hydrogens is 298 g/mol. The van der Waals surface area contributed by atoms with Crippen molar-refractivity contribution in [1.82, 2.24) is 9.99 Å². The number of rotatable bonds is 4. The molecule has 0 radical (unpaired) electrons. The van der Waals surface area contributed by atoms with Gasteiger partial charge < -0.3 is 4.57 Å². The van der Waals surface area contributed by atoms with Crippen molar-refractivity contribution in [2.75, 3.05) is 0 Å². The van der Waals surface area contributed by atoms with Crippen LogP contribution in [0.1, 0.15) is 5.56 Å². The summed E-state index contributed by atoms with van der Waals surface area (Å²) >= 11 is 5.81. The van der Waals surface area contributed by atoms with Gasteiger partial charge in [0.05, 0.1) is 6.21 Å². The van der Waals surface area contributed by atoms with Gasteiger partial charge in [-0.15, -0.1) is 0 Å². The van der Waals surface area contributed by atoms with Crippen LogP contribution in [0.15, 0.2) is 65.9 Å². The molecule has 0 aliphatic heterocycles. The van der Waals surface area contributed by atoms with Gasteiger partial charge in [-0.25, -0.2) is 5.43 Å². The van der Waals surface area contributed by atoms with Crippen LogP contribution in [0, 0.1) is 0 Å². The summed E-state index contributed by atoms with van der Waals surface area (Å²) in [5.74, 6) is -0.174. The van der Waals surface area contributed by atoms with Gasteiger partial charge in [-0.05, 0) is 35.2 Å². The molecule has 1 amide bonds. The number of nitrogens with zero attached hydrogens (tertiary/aromatic N) is 2. The zero-order chi connectivity index (χ0) is 15.4. The summed E-state index contributed by atoms with van der Waals surface area (Å²) in [4.78, 5) is 11.9. The Kier molecular flexibility index (Phi) is 4.21. The van der Waals surface area contributed by atoms with Crippen LogP contribution in [0.4, 0.5) is 0 Å². The number of fused-ring (bicyclic) bond motifs is 1. The van der Waals surface area contributed by atoms with Crippen molar-refractivity contribution >= 4 is 34.6 Å². The minimum Gasteiger partial charge on any atom is -0.338 e. The van der Waals surface area contributed by atoms with E-state index in [1.807, 2.05) is 53.2 Å². The molecule has 2 aromatic carbocycles. The number of halogens is 1. The van der Waals surface area contributed by atoms with Crippen molar-refractivity contribution in [2.45, 2.75) is 6.54 Å². The summed E-state index contributed by atoms with van der Waals surface area (Å²) in [6, 6.07) is 17.1. The first-order valence-corrected chi connectivity index (χ1v) is 7.21. The molecule has 3 rings (SSSR count). The van der Waals surface area contributed by atoms with E-state index in [1.165, 1.54) is 0 Å². The van der Waals surface area contributed by atoms with Crippen molar-refractivity contribution < 1.29 is 4.79 Å². The summed E-state index contributed by atoms with van der Waals surface area (Å²) in [6.07, 6.45) is 3.48. The predicted molar refractivity (Wildman–Crippen MR) is 89.1 cm³/mol. The molecule has 0 unspecified atom stereocenters. The van der Waals surface area contributed by atoms with Crippen molar-refractivity contribution in [1.29, 1.82) is 0 Å². The molecule has 0 bridgehead atoms. The zero-order valence-corrected chi connectivity index (χ0v) is 12.5. The average Bonchev–Trinajstić information content (AvgIpc) is 2.93. The molecular formula is C17H14ClN3O. The van der Waals surface area contributed by atoms with Crippen LogP contribution in [0.5, 0.6) is 0 Å². The number of hydrogen-bond donors (Lipinski definition) is 1. The largest absolute Gasteiger partial charge is 0.338 e. The van der Waals surface area contributed by atoms with E-state index in [9.17, 15) is 4.79 Å². The topological polar surface area (TPSA) is 46.4 Å². The predicted octanol–water partition coefficient (Wildman–Crippen LogP) is 3.45. The first-order valence-electron chi connectivity index (χ1n) is 6.84. The molecule has 0 atom stereocenters.